The normalized spacial score (nSPS) is 15.0. The van der Waals surface area contributed by atoms with Crippen LogP contribution >= 0.6 is 0 Å². The van der Waals surface area contributed by atoms with E-state index in [9.17, 15) is 10.1 Å². The summed E-state index contributed by atoms with van der Waals surface area (Å²) in [5.41, 5.74) is 6.72. The first-order valence-electron chi connectivity index (χ1n) is 10.2. The molecule has 1 aliphatic rings. The molecule has 31 heavy (non-hydrogen) atoms. The van der Waals surface area contributed by atoms with E-state index in [0.29, 0.717) is 17.0 Å². The van der Waals surface area contributed by atoms with Gasteiger partial charge < -0.3 is 15.0 Å². The van der Waals surface area contributed by atoms with Gasteiger partial charge in [-0.2, -0.15) is 5.26 Å². The van der Waals surface area contributed by atoms with Crippen LogP contribution in [-0.4, -0.2) is 25.6 Å². The number of ether oxygens (including phenoxy) is 1. The van der Waals surface area contributed by atoms with E-state index in [1.807, 2.05) is 50.2 Å². The van der Waals surface area contributed by atoms with Crippen LogP contribution in [-0.2, 0) is 4.79 Å². The molecule has 0 bridgehead atoms. The summed E-state index contributed by atoms with van der Waals surface area (Å²) in [6.07, 6.45) is 3.80. The number of likely N-dealkylation sites (N-methyl/N-ethyl adjacent to an activating group) is 1. The summed E-state index contributed by atoms with van der Waals surface area (Å²) in [5, 5.41) is 12.5. The lowest BCUT2D eigenvalue weighted by atomic mass is 9.88. The van der Waals surface area contributed by atoms with Gasteiger partial charge in [-0.1, -0.05) is 12.1 Å². The van der Waals surface area contributed by atoms with E-state index in [-0.39, 0.29) is 11.1 Å². The lowest BCUT2D eigenvalue weighted by Gasteiger charge is -2.41. The fourth-order valence-electron chi connectivity index (χ4n) is 3.81. The van der Waals surface area contributed by atoms with Crippen LogP contribution in [0.5, 0.6) is 5.75 Å². The number of nitrogens with one attached hydrogen (secondary N) is 1. The molecule has 1 amide bonds. The summed E-state index contributed by atoms with van der Waals surface area (Å²) >= 11 is 0. The Morgan fingerprint density at radius 1 is 1.16 bits per heavy atom. The third kappa shape index (κ3) is 4.34. The number of hydrogen-bond acceptors (Lipinski definition) is 4. The molecule has 5 nitrogen and oxygen atoms in total. The monoisotopic (exact) mass is 415 g/mol. The molecule has 0 atom stereocenters. The van der Waals surface area contributed by atoms with Crippen LogP contribution in [0, 0.1) is 25.2 Å². The predicted octanol–water partition coefficient (Wildman–Crippen LogP) is 5.49. The molecule has 1 heterocycles. The zero-order valence-electron chi connectivity index (χ0n) is 19.3. The molecular formula is C26H29N3O2. The van der Waals surface area contributed by atoms with Gasteiger partial charge in [0.05, 0.1) is 12.6 Å². The van der Waals surface area contributed by atoms with Crippen molar-refractivity contribution in [1.82, 2.24) is 0 Å². The summed E-state index contributed by atoms with van der Waals surface area (Å²) in [7, 11) is 3.64. The van der Waals surface area contributed by atoms with Gasteiger partial charge in [-0.15, -0.1) is 0 Å². The average Bonchev–Trinajstić information content (AvgIpc) is 2.72. The fraction of sp³-hybridized carbons (Fsp3) is 0.308. The van der Waals surface area contributed by atoms with Gasteiger partial charge >= 0.3 is 0 Å². The zero-order valence-corrected chi connectivity index (χ0v) is 19.3. The molecule has 5 heteroatoms. The Kier molecular flexibility index (Phi) is 5.94. The molecule has 2 aromatic rings. The van der Waals surface area contributed by atoms with Crippen molar-refractivity contribution in [1.29, 1.82) is 5.26 Å². The van der Waals surface area contributed by atoms with Crippen molar-refractivity contribution in [3.05, 3.63) is 64.2 Å². The van der Waals surface area contributed by atoms with Crippen LogP contribution in [0.3, 0.4) is 0 Å². The number of allylic oxidation sites excluding steroid dienone is 1. The Labute approximate surface area is 184 Å². The summed E-state index contributed by atoms with van der Waals surface area (Å²) < 4.78 is 5.60. The molecule has 2 aromatic carbocycles. The van der Waals surface area contributed by atoms with Crippen molar-refractivity contribution >= 4 is 28.9 Å². The summed E-state index contributed by atoms with van der Waals surface area (Å²) in [6, 6.07) is 11.7. The SMILES string of the molecule is COc1cc2c(cc1/C=C(\C#N)C(=O)Nc1ccc(C)c(C)c1)C(C)=CC(C)(C)N2C. The predicted molar refractivity (Wildman–Crippen MR) is 127 cm³/mol. The Balaban J connectivity index is 2.01. The standard InChI is InChI=1S/C26H29N3O2/c1-16-8-9-21(10-17(16)2)28-25(30)20(15-27)11-19-12-22-18(3)14-26(4,5)29(6)23(22)13-24(19)31-7/h8-14H,1-7H3,(H,28,30)/b20-11+. The number of fused-ring (bicyclic) bond motifs is 1. The van der Waals surface area contributed by atoms with Crippen molar-refractivity contribution < 1.29 is 9.53 Å². The summed E-state index contributed by atoms with van der Waals surface area (Å²) in [5.74, 6) is 0.166. The lowest BCUT2D eigenvalue weighted by molar-refractivity contribution is -0.112. The molecule has 160 valence electrons. The number of carbonyl (C=O) groups excluding carboxylic acids is 1. The quantitative estimate of drug-likeness (QED) is 0.530. The molecule has 0 saturated heterocycles. The third-order valence-electron chi connectivity index (χ3n) is 6.00. The smallest absolute Gasteiger partial charge is 0.266 e. The average molecular weight is 416 g/mol. The molecule has 1 N–H and O–H groups in total. The van der Waals surface area contributed by atoms with Crippen LogP contribution in [0.2, 0.25) is 0 Å². The van der Waals surface area contributed by atoms with Crippen LogP contribution in [0.25, 0.3) is 11.6 Å². The molecule has 0 radical (unpaired) electrons. The molecule has 0 saturated carbocycles. The first-order chi connectivity index (χ1) is 14.6. The van der Waals surface area contributed by atoms with E-state index < -0.39 is 5.91 Å². The molecule has 3 rings (SSSR count). The number of methoxy groups -OCH3 is 1. The number of amides is 1. The fourth-order valence-corrected chi connectivity index (χ4v) is 3.81. The number of nitriles is 1. The summed E-state index contributed by atoms with van der Waals surface area (Å²) in [4.78, 5) is 15.0. The Hall–Kier alpha value is -3.52. The molecule has 0 fully saturated rings. The Morgan fingerprint density at radius 2 is 1.87 bits per heavy atom. The van der Waals surface area contributed by atoms with Crippen molar-refractivity contribution in [2.75, 3.05) is 24.4 Å². The summed E-state index contributed by atoms with van der Waals surface area (Å²) in [6.45, 7) is 10.4. The minimum Gasteiger partial charge on any atom is -0.496 e. The highest BCUT2D eigenvalue weighted by atomic mass is 16.5. The van der Waals surface area contributed by atoms with Gasteiger partial charge in [0.2, 0.25) is 0 Å². The second-order valence-electron chi connectivity index (χ2n) is 8.57. The third-order valence-corrected chi connectivity index (χ3v) is 6.00. The molecule has 0 spiro atoms. The van der Waals surface area contributed by atoms with E-state index in [1.54, 1.807) is 13.2 Å². The number of nitrogens with zero attached hydrogens (tertiary/aromatic N) is 2. The van der Waals surface area contributed by atoms with E-state index in [1.165, 1.54) is 0 Å². The van der Waals surface area contributed by atoms with Crippen molar-refractivity contribution in [3.63, 3.8) is 0 Å². The van der Waals surface area contributed by atoms with Crippen molar-refractivity contribution in [3.8, 4) is 11.8 Å². The van der Waals surface area contributed by atoms with Gasteiger partial charge in [0.25, 0.3) is 5.91 Å². The van der Waals surface area contributed by atoms with Crippen molar-refractivity contribution in [2.24, 2.45) is 0 Å². The second-order valence-corrected chi connectivity index (χ2v) is 8.57. The van der Waals surface area contributed by atoms with Gasteiger partial charge in [-0.05, 0) is 75.6 Å². The second kappa shape index (κ2) is 8.31. The van der Waals surface area contributed by atoms with Crippen LogP contribution in [0.4, 0.5) is 11.4 Å². The molecule has 0 unspecified atom stereocenters. The Bertz CT molecular complexity index is 1150. The maximum atomic E-state index is 12.8. The number of hydrogen-bond donors (Lipinski definition) is 1. The molecule has 0 aromatic heterocycles. The number of aryl methyl sites for hydroxylation is 2. The van der Waals surface area contributed by atoms with Gasteiger partial charge in [0, 0.05) is 35.6 Å². The lowest BCUT2D eigenvalue weighted by Crippen LogP contribution is -2.42. The van der Waals surface area contributed by atoms with Crippen LogP contribution in [0.1, 0.15) is 43.0 Å². The van der Waals surface area contributed by atoms with Gasteiger partial charge in [-0.3, -0.25) is 4.79 Å². The number of carbonyl (C=O) groups is 1. The maximum Gasteiger partial charge on any atom is 0.266 e. The highest BCUT2D eigenvalue weighted by molar-refractivity contribution is 6.10. The largest absolute Gasteiger partial charge is 0.496 e. The van der Waals surface area contributed by atoms with E-state index >= 15 is 0 Å². The first-order valence-corrected chi connectivity index (χ1v) is 10.2. The topological polar surface area (TPSA) is 65.4 Å². The number of anilines is 2. The molecule has 0 aliphatic carbocycles. The van der Waals surface area contributed by atoms with Gasteiger partial charge in [-0.25, -0.2) is 0 Å². The number of rotatable bonds is 4. The number of benzene rings is 2. The van der Waals surface area contributed by atoms with Crippen LogP contribution < -0.4 is 15.0 Å². The van der Waals surface area contributed by atoms with Gasteiger partial charge in [0.1, 0.15) is 17.4 Å². The Morgan fingerprint density at radius 3 is 2.48 bits per heavy atom. The highest BCUT2D eigenvalue weighted by Crippen LogP contribution is 2.41. The van der Waals surface area contributed by atoms with E-state index in [2.05, 4.69) is 44.1 Å². The van der Waals surface area contributed by atoms with Crippen LogP contribution in [0.15, 0.2) is 42.0 Å². The minimum absolute atomic E-state index is 0.0163. The maximum absolute atomic E-state index is 12.8. The van der Waals surface area contributed by atoms with Crippen molar-refractivity contribution in [2.45, 2.75) is 40.2 Å². The van der Waals surface area contributed by atoms with E-state index in [4.69, 9.17) is 4.74 Å². The van der Waals surface area contributed by atoms with Gasteiger partial charge in [0.15, 0.2) is 0 Å². The molecule has 1 aliphatic heterocycles. The van der Waals surface area contributed by atoms with E-state index in [0.717, 1.165) is 28.0 Å². The minimum atomic E-state index is -0.448. The molecular weight excluding hydrogens is 386 g/mol. The zero-order chi connectivity index (χ0) is 22.9. The highest BCUT2D eigenvalue weighted by Gasteiger charge is 2.29. The first kappa shape index (κ1) is 22.2.